The van der Waals surface area contributed by atoms with Gasteiger partial charge in [0.05, 0.1) is 16.6 Å². The molecule has 2 aromatic carbocycles. The molecule has 1 unspecified atom stereocenters. The molecule has 6 nitrogen and oxygen atoms in total. The topological polar surface area (TPSA) is 102 Å². The average Bonchev–Trinajstić information content (AvgIpc) is 2.80. The first-order valence-electron chi connectivity index (χ1n) is 10.3. The van der Waals surface area contributed by atoms with Gasteiger partial charge in [0, 0.05) is 12.0 Å². The number of amides is 1. The van der Waals surface area contributed by atoms with E-state index in [2.05, 4.69) is 11.9 Å². The van der Waals surface area contributed by atoms with E-state index in [0.29, 0.717) is 32.2 Å². The second kappa shape index (κ2) is 9.98. The van der Waals surface area contributed by atoms with E-state index >= 15 is 0 Å². The zero-order valence-corrected chi connectivity index (χ0v) is 18.0. The lowest BCUT2D eigenvalue weighted by Crippen LogP contribution is -2.53. The van der Waals surface area contributed by atoms with Crippen LogP contribution in [-0.4, -0.2) is 35.7 Å². The molecule has 0 aliphatic heterocycles. The maximum Gasteiger partial charge on any atom is 0.407 e. The van der Waals surface area contributed by atoms with Crippen LogP contribution >= 0.6 is 11.6 Å². The molecule has 164 valence electrons. The van der Waals surface area contributed by atoms with Gasteiger partial charge in [-0.2, -0.15) is 0 Å². The number of ether oxygens (including phenoxy) is 1. The number of hydrogen-bond acceptors (Lipinski definition) is 5. The third kappa shape index (κ3) is 4.92. The molecule has 7 heteroatoms. The minimum atomic E-state index is -0.894. The van der Waals surface area contributed by atoms with Gasteiger partial charge in [0.25, 0.3) is 0 Å². The van der Waals surface area contributed by atoms with Gasteiger partial charge >= 0.3 is 6.09 Å². The molecule has 0 bridgehead atoms. The monoisotopic (exact) mass is 442 g/mol. The molecule has 0 heterocycles. The lowest BCUT2D eigenvalue weighted by molar-refractivity contribution is 0.0497. The summed E-state index contributed by atoms with van der Waals surface area (Å²) in [7, 11) is 0. The number of nitrogens with two attached hydrogens (primary N) is 1. The number of hydrogen-bond donors (Lipinski definition) is 3. The Bertz CT molecular complexity index is 940. The van der Waals surface area contributed by atoms with E-state index in [9.17, 15) is 14.7 Å². The van der Waals surface area contributed by atoms with Crippen molar-refractivity contribution in [2.75, 3.05) is 6.54 Å². The van der Waals surface area contributed by atoms with Crippen molar-refractivity contribution in [2.45, 2.75) is 43.2 Å². The fourth-order valence-corrected chi connectivity index (χ4v) is 4.43. The number of alkyl carbamates (subject to hydrolysis) is 1. The number of nitrogens with one attached hydrogen (secondary N) is 1. The predicted octanol–water partition coefficient (Wildman–Crippen LogP) is 4.35. The zero-order chi connectivity index (χ0) is 22.4. The Labute approximate surface area is 187 Å². The number of para-hydroxylation sites is 1. The fourth-order valence-electron chi connectivity index (χ4n) is 4.25. The van der Waals surface area contributed by atoms with Crippen LogP contribution in [0.1, 0.15) is 41.6 Å². The van der Waals surface area contributed by atoms with E-state index < -0.39 is 17.6 Å². The summed E-state index contributed by atoms with van der Waals surface area (Å²) in [4.78, 5) is 25.2. The number of phenolic OH excluding ortho intramolecular Hbond substituents is 1. The van der Waals surface area contributed by atoms with Crippen LogP contribution in [0.2, 0.25) is 5.02 Å². The van der Waals surface area contributed by atoms with Crippen LogP contribution < -0.4 is 11.1 Å². The Hall–Kier alpha value is -2.83. The average molecular weight is 443 g/mol. The number of carbonyl (C=O) groups is 2. The Morgan fingerprint density at radius 1 is 1.23 bits per heavy atom. The molecule has 0 saturated heterocycles. The van der Waals surface area contributed by atoms with Crippen molar-refractivity contribution in [1.29, 1.82) is 0 Å². The fraction of sp³-hybridized carbons (Fsp3) is 0.333. The maximum atomic E-state index is 13.3. The third-order valence-corrected chi connectivity index (χ3v) is 6.27. The van der Waals surface area contributed by atoms with Crippen molar-refractivity contribution >= 4 is 23.5 Å². The summed E-state index contributed by atoms with van der Waals surface area (Å²) in [6.45, 7) is 3.90. The van der Waals surface area contributed by atoms with Gasteiger partial charge < -0.3 is 20.9 Å². The van der Waals surface area contributed by atoms with Crippen LogP contribution in [0.15, 0.2) is 61.2 Å². The van der Waals surface area contributed by atoms with Crippen LogP contribution in [0.25, 0.3) is 0 Å². The van der Waals surface area contributed by atoms with Crippen molar-refractivity contribution in [3.05, 3.63) is 77.3 Å². The Balaban J connectivity index is 1.85. The standard InChI is InChI=1S/C24H27ClN2O4/c1-2-15-27-23(30)31-17-11-13-24(14-12-17,16-7-4-3-5-8-16)22(26)21(29)18-9-6-10-19(25)20(18)28/h2-10,17,22,28H,1,11-15,26H2,(H,27,30). The maximum absolute atomic E-state index is 13.3. The van der Waals surface area contributed by atoms with Gasteiger partial charge in [-0.1, -0.05) is 54.1 Å². The van der Waals surface area contributed by atoms with Crippen LogP contribution in [0.3, 0.4) is 0 Å². The van der Waals surface area contributed by atoms with E-state index in [1.54, 1.807) is 12.1 Å². The van der Waals surface area contributed by atoms with Crippen molar-refractivity contribution in [1.82, 2.24) is 5.32 Å². The Morgan fingerprint density at radius 2 is 1.90 bits per heavy atom. The summed E-state index contributed by atoms with van der Waals surface area (Å²) in [6, 6.07) is 13.4. The number of carbonyl (C=O) groups excluding carboxylic acids is 2. The van der Waals surface area contributed by atoms with E-state index in [4.69, 9.17) is 22.1 Å². The molecule has 0 aromatic heterocycles. The first kappa shape index (κ1) is 22.8. The van der Waals surface area contributed by atoms with Gasteiger partial charge in [0.1, 0.15) is 11.9 Å². The molecule has 1 aliphatic carbocycles. The molecule has 1 amide bonds. The Kier molecular flexibility index (Phi) is 7.36. The Morgan fingerprint density at radius 3 is 2.55 bits per heavy atom. The summed E-state index contributed by atoms with van der Waals surface area (Å²) < 4.78 is 5.50. The zero-order valence-electron chi connectivity index (χ0n) is 17.2. The molecule has 4 N–H and O–H groups in total. The second-order valence-electron chi connectivity index (χ2n) is 7.77. The molecule has 0 spiro atoms. The number of halogens is 1. The minimum absolute atomic E-state index is 0.106. The lowest BCUT2D eigenvalue weighted by Gasteiger charge is -2.43. The van der Waals surface area contributed by atoms with Gasteiger partial charge in [0.15, 0.2) is 5.78 Å². The van der Waals surface area contributed by atoms with E-state index in [-0.39, 0.29) is 28.2 Å². The smallest absolute Gasteiger partial charge is 0.407 e. The van der Waals surface area contributed by atoms with Gasteiger partial charge in [-0.05, 0) is 43.4 Å². The minimum Gasteiger partial charge on any atom is -0.506 e. The number of ketones is 1. The summed E-state index contributed by atoms with van der Waals surface area (Å²) in [5.41, 5.74) is 7.00. The van der Waals surface area contributed by atoms with Crippen molar-refractivity contribution in [3.8, 4) is 5.75 Å². The SMILES string of the molecule is C=CCNC(=O)OC1CCC(c2ccccc2)(C(N)C(=O)c2cccc(Cl)c2O)CC1. The molecule has 2 aromatic rings. The van der Waals surface area contributed by atoms with Gasteiger partial charge in [0.2, 0.25) is 0 Å². The number of benzene rings is 2. The molecule has 1 saturated carbocycles. The van der Waals surface area contributed by atoms with E-state index in [0.717, 1.165) is 5.56 Å². The van der Waals surface area contributed by atoms with Crippen LogP contribution in [0.4, 0.5) is 4.79 Å². The first-order chi connectivity index (χ1) is 14.9. The normalized spacial score (nSPS) is 21.7. The number of Topliss-reactive ketones (excluding diaryl/α,β-unsaturated/α-hetero) is 1. The van der Waals surface area contributed by atoms with E-state index in [1.165, 1.54) is 12.1 Å². The van der Waals surface area contributed by atoms with Crippen molar-refractivity contribution in [2.24, 2.45) is 5.73 Å². The van der Waals surface area contributed by atoms with Gasteiger partial charge in [-0.3, -0.25) is 4.79 Å². The lowest BCUT2D eigenvalue weighted by atomic mass is 9.63. The molecule has 31 heavy (non-hydrogen) atoms. The highest BCUT2D eigenvalue weighted by Gasteiger charge is 2.46. The molecular formula is C24H27ClN2O4. The van der Waals surface area contributed by atoms with E-state index in [1.807, 2.05) is 30.3 Å². The third-order valence-electron chi connectivity index (χ3n) is 5.97. The largest absolute Gasteiger partial charge is 0.506 e. The molecule has 0 radical (unpaired) electrons. The highest BCUT2D eigenvalue weighted by atomic mass is 35.5. The first-order valence-corrected chi connectivity index (χ1v) is 10.6. The quantitative estimate of drug-likeness (QED) is 0.437. The number of aromatic hydroxyl groups is 1. The summed E-state index contributed by atoms with van der Waals surface area (Å²) >= 11 is 6.00. The number of rotatable bonds is 7. The molecule has 1 atom stereocenters. The molecule has 1 fully saturated rings. The highest BCUT2D eigenvalue weighted by Crippen LogP contribution is 2.44. The van der Waals surface area contributed by atoms with Crippen molar-refractivity contribution in [3.63, 3.8) is 0 Å². The van der Waals surface area contributed by atoms with Crippen molar-refractivity contribution < 1.29 is 19.4 Å². The number of phenols is 1. The van der Waals surface area contributed by atoms with Crippen LogP contribution in [0.5, 0.6) is 5.75 Å². The van der Waals surface area contributed by atoms with Crippen LogP contribution in [-0.2, 0) is 10.2 Å². The predicted molar refractivity (Wildman–Crippen MR) is 120 cm³/mol. The second-order valence-corrected chi connectivity index (χ2v) is 8.18. The molecule has 1 aliphatic rings. The van der Waals surface area contributed by atoms with Gasteiger partial charge in [-0.25, -0.2) is 4.79 Å². The summed E-state index contributed by atoms with van der Waals surface area (Å²) in [5.74, 6) is -0.629. The summed E-state index contributed by atoms with van der Waals surface area (Å²) in [6.07, 6.45) is 3.09. The van der Waals surface area contributed by atoms with Crippen LogP contribution in [0, 0.1) is 0 Å². The summed E-state index contributed by atoms with van der Waals surface area (Å²) in [5, 5.41) is 13.0. The van der Waals surface area contributed by atoms with Gasteiger partial charge in [-0.15, -0.1) is 6.58 Å². The molecule has 3 rings (SSSR count). The molecular weight excluding hydrogens is 416 g/mol. The highest BCUT2D eigenvalue weighted by molar-refractivity contribution is 6.32.